The molecule has 2 heterocycles. The number of carbonyl (C=O) groups is 1. The van der Waals surface area contributed by atoms with E-state index in [0.29, 0.717) is 18.5 Å². The number of hydrogen-bond acceptors (Lipinski definition) is 6. The van der Waals surface area contributed by atoms with Crippen molar-refractivity contribution in [3.8, 4) is 6.07 Å². The van der Waals surface area contributed by atoms with Crippen molar-refractivity contribution in [2.24, 2.45) is 11.5 Å². The summed E-state index contributed by atoms with van der Waals surface area (Å²) < 4.78 is 14.9. The van der Waals surface area contributed by atoms with Crippen LogP contribution >= 0.6 is 0 Å². The number of primary amides is 1. The summed E-state index contributed by atoms with van der Waals surface area (Å²) >= 11 is 0. The molecular weight excluding hydrogens is 337 g/mol. The molecule has 0 unspecified atom stereocenters. The van der Waals surface area contributed by atoms with E-state index < -0.39 is 17.4 Å². The summed E-state index contributed by atoms with van der Waals surface area (Å²) in [4.78, 5) is 15.3. The van der Waals surface area contributed by atoms with E-state index in [1.165, 1.54) is 12.3 Å². The predicted octanol–water partition coefficient (Wildman–Crippen LogP) is 1.77. The van der Waals surface area contributed by atoms with Gasteiger partial charge >= 0.3 is 0 Å². The zero-order chi connectivity index (χ0) is 18.7. The minimum Gasteiger partial charge on any atom is -0.365 e. The first-order valence-corrected chi connectivity index (χ1v) is 8.34. The Hall–Kier alpha value is -2.99. The van der Waals surface area contributed by atoms with Crippen LogP contribution in [0.15, 0.2) is 24.5 Å². The van der Waals surface area contributed by atoms with Crippen LogP contribution in [0.3, 0.4) is 0 Å². The van der Waals surface area contributed by atoms with Crippen LogP contribution < -0.4 is 16.8 Å². The molecule has 1 amide bonds. The third-order valence-electron chi connectivity index (χ3n) is 4.82. The van der Waals surface area contributed by atoms with E-state index in [4.69, 9.17) is 11.5 Å². The Kier molecular flexibility index (Phi) is 4.86. The van der Waals surface area contributed by atoms with Gasteiger partial charge in [0, 0.05) is 30.2 Å². The SMILES string of the molecule is N#CC[C@]1(n2cc(C(N)=O)c(Nc3ccnc(F)c3)n2)CC[C@@H](N)CC1. The number of amides is 1. The number of carbonyl (C=O) groups excluding carboxylic acids is 1. The standard InChI is InChI=1S/C17H20FN7O/c18-14-9-12(3-8-22-14)23-16-13(15(21)26)10-25(24-16)17(6-7-19)4-1-11(20)2-5-17/h3,8-11H,1-2,4-6,20H2,(H2,21,26)(H,22,23,24)/t11-,17+. The Morgan fingerprint density at radius 1 is 1.50 bits per heavy atom. The van der Waals surface area contributed by atoms with Crippen LogP contribution in [0.4, 0.5) is 15.9 Å². The highest BCUT2D eigenvalue weighted by molar-refractivity contribution is 5.98. The molecule has 8 nitrogen and oxygen atoms in total. The van der Waals surface area contributed by atoms with Gasteiger partial charge in [-0.15, -0.1) is 0 Å². The van der Waals surface area contributed by atoms with Gasteiger partial charge in [-0.25, -0.2) is 4.98 Å². The first-order chi connectivity index (χ1) is 12.4. The number of nitrogens with two attached hydrogens (primary N) is 2. The molecule has 1 fully saturated rings. The molecule has 2 aromatic heterocycles. The monoisotopic (exact) mass is 357 g/mol. The second-order valence-corrected chi connectivity index (χ2v) is 6.59. The van der Waals surface area contributed by atoms with Crippen LogP contribution in [-0.4, -0.2) is 26.7 Å². The molecule has 1 aliphatic carbocycles. The molecule has 1 aliphatic rings. The lowest BCUT2D eigenvalue weighted by Gasteiger charge is -2.38. The Balaban J connectivity index is 1.98. The Labute approximate surface area is 150 Å². The van der Waals surface area contributed by atoms with Crippen molar-refractivity contribution >= 4 is 17.4 Å². The van der Waals surface area contributed by atoms with Crippen LogP contribution in [0, 0.1) is 17.3 Å². The Bertz CT molecular complexity index is 849. The van der Waals surface area contributed by atoms with E-state index >= 15 is 0 Å². The second kappa shape index (κ2) is 7.09. The maximum absolute atomic E-state index is 13.3. The summed E-state index contributed by atoms with van der Waals surface area (Å²) in [6.07, 6.45) is 6.02. The minimum atomic E-state index is -0.659. The average Bonchev–Trinajstić information content (AvgIpc) is 3.02. The summed E-state index contributed by atoms with van der Waals surface area (Å²) in [6, 6.07) is 5.05. The van der Waals surface area contributed by atoms with Crippen molar-refractivity contribution in [3.63, 3.8) is 0 Å². The van der Waals surface area contributed by atoms with Gasteiger partial charge in [0.2, 0.25) is 5.95 Å². The van der Waals surface area contributed by atoms with E-state index in [1.807, 2.05) is 0 Å². The second-order valence-electron chi connectivity index (χ2n) is 6.59. The highest BCUT2D eigenvalue weighted by Crippen LogP contribution is 2.38. The van der Waals surface area contributed by atoms with Gasteiger partial charge in [-0.2, -0.15) is 14.8 Å². The van der Waals surface area contributed by atoms with Crippen molar-refractivity contribution in [2.45, 2.75) is 43.7 Å². The van der Waals surface area contributed by atoms with Crippen LogP contribution in [0.5, 0.6) is 0 Å². The number of pyridine rings is 1. The Morgan fingerprint density at radius 3 is 2.85 bits per heavy atom. The van der Waals surface area contributed by atoms with E-state index in [1.54, 1.807) is 16.9 Å². The molecule has 136 valence electrons. The lowest BCUT2D eigenvalue weighted by Crippen LogP contribution is -2.41. The zero-order valence-electron chi connectivity index (χ0n) is 14.2. The fraction of sp³-hybridized carbons (Fsp3) is 0.412. The van der Waals surface area contributed by atoms with Crippen molar-refractivity contribution in [1.82, 2.24) is 14.8 Å². The van der Waals surface area contributed by atoms with Gasteiger partial charge < -0.3 is 16.8 Å². The van der Waals surface area contributed by atoms with Crippen LogP contribution in [0.25, 0.3) is 0 Å². The van der Waals surface area contributed by atoms with E-state index in [-0.39, 0.29) is 23.8 Å². The third-order valence-corrected chi connectivity index (χ3v) is 4.82. The topological polar surface area (TPSA) is 136 Å². The highest BCUT2D eigenvalue weighted by Gasteiger charge is 2.38. The van der Waals surface area contributed by atoms with E-state index in [2.05, 4.69) is 21.5 Å². The van der Waals surface area contributed by atoms with Crippen LogP contribution in [0.1, 0.15) is 42.5 Å². The lowest BCUT2D eigenvalue weighted by atomic mass is 9.78. The number of nitriles is 1. The summed E-state index contributed by atoms with van der Waals surface area (Å²) in [7, 11) is 0. The van der Waals surface area contributed by atoms with Gasteiger partial charge in [0.15, 0.2) is 5.82 Å². The van der Waals surface area contributed by atoms with Gasteiger partial charge in [0.25, 0.3) is 5.91 Å². The predicted molar refractivity (Wildman–Crippen MR) is 92.9 cm³/mol. The summed E-state index contributed by atoms with van der Waals surface area (Å²) in [5, 5.41) is 16.7. The van der Waals surface area contributed by atoms with Crippen molar-refractivity contribution in [2.75, 3.05) is 5.32 Å². The van der Waals surface area contributed by atoms with Crippen molar-refractivity contribution < 1.29 is 9.18 Å². The molecule has 3 rings (SSSR count). The number of hydrogen-bond donors (Lipinski definition) is 3. The largest absolute Gasteiger partial charge is 0.365 e. The molecule has 0 radical (unpaired) electrons. The Morgan fingerprint density at radius 2 is 2.23 bits per heavy atom. The first-order valence-electron chi connectivity index (χ1n) is 8.34. The number of anilines is 2. The number of halogens is 1. The molecule has 1 saturated carbocycles. The molecule has 0 saturated heterocycles. The van der Waals surface area contributed by atoms with Gasteiger partial charge in [-0.1, -0.05) is 0 Å². The first kappa shape index (κ1) is 17.8. The molecule has 9 heteroatoms. The maximum Gasteiger partial charge on any atom is 0.254 e. The van der Waals surface area contributed by atoms with E-state index in [0.717, 1.165) is 12.8 Å². The van der Waals surface area contributed by atoms with Gasteiger partial charge in [0.05, 0.1) is 18.0 Å². The van der Waals surface area contributed by atoms with Crippen LogP contribution in [-0.2, 0) is 5.54 Å². The average molecular weight is 357 g/mol. The lowest BCUT2D eigenvalue weighted by molar-refractivity contribution is 0.1000. The van der Waals surface area contributed by atoms with Gasteiger partial charge in [-0.3, -0.25) is 9.48 Å². The number of nitrogens with zero attached hydrogens (tertiary/aromatic N) is 4. The molecule has 0 aliphatic heterocycles. The maximum atomic E-state index is 13.3. The summed E-state index contributed by atoms with van der Waals surface area (Å²) in [5.74, 6) is -1.10. The van der Waals surface area contributed by atoms with Crippen molar-refractivity contribution in [3.05, 3.63) is 36.0 Å². The summed E-state index contributed by atoms with van der Waals surface area (Å²) in [5.41, 5.74) is 11.5. The molecule has 0 aromatic carbocycles. The molecule has 2 aromatic rings. The normalized spacial score (nSPS) is 22.6. The number of aromatic nitrogens is 3. The molecule has 0 atom stereocenters. The number of rotatable bonds is 5. The van der Waals surface area contributed by atoms with Gasteiger partial charge in [-0.05, 0) is 31.7 Å². The van der Waals surface area contributed by atoms with Crippen molar-refractivity contribution in [1.29, 1.82) is 5.26 Å². The molecular formula is C17H20FN7O. The molecule has 26 heavy (non-hydrogen) atoms. The fourth-order valence-corrected chi connectivity index (χ4v) is 3.32. The highest BCUT2D eigenvalue weighted by atomic mass is 19.1. The zero-order valence-corrected chi connectivity index (χ0v) is 14.2. The fourth-order valence-electron chi connectivity index (χ4n) is 3.32. The minimum absolute atomic E-state index is 0.102. The smallest absolute Gasteiger partial charge is 0.254 e. The molecule has 0 bridgehead atoms. The number of nitrogens with one attached hydrogen (secondary N) is 1. The van der Waals surface area contributed by atoms with Gasteiger partial charge in [0.1, 0.15) is 5.56 Å². The molecule has 0 spiro atoms. The quantitative estimate of drug-likeness (QED) is 0.698. The summed E-state index contributed by atoms with van der Waals surface area (Å²) in [6.45, 7) is 0. The van der Waals surface area contributed by atoms with E-state index in [9.17, 15) is 14.4 Å². The van der Waals surface area contributed by atoms with Crippen LogP contribution in [0.2, 0.25) is 0 Å². The third kappa shape index (κ3) is 3.50. The molecule has 5 N–H and O–H groups in total.